The van der Waals surface area contributed by atoms with Gasteiger partial charge in [-0.2, -0.15) is 0 Å². The van der Waals surface area contributed by atoms with Crippen molar-refractivity contribution in [2.45, 2.75) is 6.54 Å². The van der Waals surface area contributed by atoms with Crippen molar-refractivity contribution >= 4 is 50.1 Å². The zero-order chi connectivity index (χ0) is 14.8. The average Bonchev–Trinajstić information content (AvgIpc) is 2.90. The van der Waals surface area contributed by atoms with Crippen LogP contribution in [-0.2, 0) is 6.54 Å². The van der Waals surface area contributed by atoms with E-state index in [0.29, 0.717) is 6.54 Å². The van der Waals surface area contributed by atoms with E-state index in [0.717, 1.165) is 26.4 Å². The van der Waals surface area contributed by atoms with Crippen LogP contribution < -0.4 is 0 Å². The van der Waals surface area contributed by atoms with Crippen LogP contribution in [0.4, 0.5) is 0 Å². The summed E-state index contributed by atoms with van der Waals surface area (Å²) in [7, 11) is 0. The molecule has 0 radical (unpaired) electrons. The molecule has 106 valence electrons. The number of imidazole rings is 1. The summed E-state index contributed by atoms with van der Waals surface area (Å²) >= 11 is 12.0. The summed E-state index contributed by atoms with van der Waals surface area (Å²) in [6.07, 6.45) is 3.80. The Kier molecular flexibility index (Phi) is 4.66. The second-order valence-corrected chi connectivity index (χ2v) is 7.19. The van der Waals surface area contributed by atoms with Crippen LogP contribution in [0, 0.1) is 3.57 Å². The van der Waals surface area contributed by atoms with Crippen molar-refractivity contribution in [1.82, 2.24) is 9.55 Å². The van der Waals surface area contributed by atoms with E-state index in [1.165, 1.54) is 3.57 Å². The highest BCUT2D eigenvalue weighted by Gasteiger charge is 2.09. The van der Waals surface area contributed by atoms with E-state index in [9.17, 15) is 0 Å². The lowest BCUT2D eigenvalue weighted by Crippen LogP contribution is -2.01. The van der Waals surface area contributed by atoms with Crippen molar-refractivity contribution in [2.75, 3.05) is 0 Å². The summed E-state index contributed by atoms with van der Waals surface area (Å²) in [5, 5.41) is 0.756. The number of hydrogen-bond acceptors (Lipinski definition) is 1. The van der Waals surface area contributed by atoms with Gasteiger partial charge in [0.05, 0.1) is 6.54 Å². The van der Waals surface area contributed by atoms with Crippen LogP contribution in [0.25, 0.3) is 11.4 Å². The van der Waals surface area contributed by atoms with Gasteiger partial charge in [-0.3, -0.25) is 0 Å². The first-order valence-corrected chi connectivity index (χ1v) is 8.59. The van der Waals surface area contributed by atoms with Crippen LogP contribution in [0.5, 0.6) is 0 Å². The van der Waals surface area contributed by atoms with E-state index in [1.54, 1.807) is 0 Å². The lowest BCUT2D eigenvalue weighted by Gasteiger charge is -2.10. The van der Waals surface area contributed by atoms with Crippen LogP contribution in [0.1, 0.15) is 5.56 Å². The van der Waals surface area contributed by atoms with Crippen LogP contribution in [0.2, 0.25) is 5.02 Å². The van der Waals surface area contributed by atoms with Crippen molar-refractivity contribution < 1.29 is 0 Å². The summed E-state index contributed by atoms with van der Waals surface area (Å²) in [4.78, 5) is 4.48. The molecule has 2 nitrogen and oxygen atoms in total. The smallest absolute Gasteiger partial charge is 0.140 e. The predicted octanol–water partition coefficient (Wildman–Crippen LogP) is 5.62. The molecule has 0 N–H and O–H groups in total. The van der Waals surface area contributed by atoms with Gasteiger partial charge in [0.15, 0.2) is 0 Å². The van der Waals surface area contributed by atoms with E-state index < -0.39 is 0 Å². The molecule has 0 amide bonds. The summed E-state index contributed by atoms with van der Waals surface area (Å²) < 4.78 is 4.29. The Morgan fingerprint density at radius 1 is 1.19 bits per heavy atom. The maximum absolute atomic E-state index is 6.31. The van der Waals surface area contributed by atoms with Crippen molar-refractivity contribution in [2.24, 2.45) is 0 Å². The van der Waals surface area contributed by atoms with E-state index in [1.807, 2.05) is 36.7 Å². The molecular weight excluding hydrogens is 462 g/mol. The molecule has 5 heteroatoms. The Morgan fingerprint density at radius 3 is 2.81 bits per heavy atom. The fraction of sp³-hybridized carbons (Fsp3) is 0.0625. The second kappa shape index (κ2) is 6.50. The van der Waals surface area contributed by atoms with Gasteiger partial charge in [0.1, 0.15) is 5.82 Å². The topological polar surface area (TPSA) is 17.8 Å². The van der Waals surface area contributed by atoms with Gasteiger partial charge in [-0.1, -0.05) is 45.7 Å². The first kappa shape index (κ1) is 15.1. The quantitative estimate of drug-likeness (QED) is 0.452. The molecule has 3 aromatic rings. The van der Waals surface area contributed by atoms with Crippen LogP contribution >= 0.6 is 50.1 Å². The summed E-state index contributed by atoms with van der Waals surface area (Å²) in [6, 6.07) is 14.3. The van der Waals surface area contributed by atoms with E-state index in [2.05, 4.69) is 66.3 Å². The summed E-state index contributed by atoms with van der Waals surface area (Å²) in [5.74, 6) is 0.951. The molecular formula is C16H11BrClIN2. The molecule has 0 unspecified atom stereocenters. The molecule has 0 spiro atoms. The Balaban J connectivity index is 1.96. The molecule has 0 aliphatic carbocycles. The number of rotatable bonds is 3. The first-order chi connectivity index (χ1) is 10.1. The largest absolute Gasteiger partial charge is 0.327 e. The number of hydrogen-bond donors (Lipinski definition) is 0. The molecule has 1 aromatic heterocycles. The highest BCUT2D eigenvalue weighted by atomic mass is 127. The Morgan fingerprint density at radius 2 is 2.05 bits per heavy atom. The van der Waals surface area contributed by atoms with Gasteiger partial charge >= 0.3 is 0 Å². The van der Waals surface area contributed by atoms with Gasteiger partial charge in [-0.25, -0.2) is 4.98 Å². The van der Waals surface area contributed by atoms with Crippen molar-refractivity contribution in [3.8, 4) is 11.4 Å². The molecule has 21 heavy (non-hydrogen) atoms. The number of nitrogens with zero attached hydrogens (tertiary/aromatic N) is 2. The zero-order valence-electron chi connectivity index (χ0n) is 10.9. The minimum Gasteiger partial charge on any atom is -0.327 e. The van der Waals surface area contributed by atoms with Crippen LogP contribution in [0.15, 0.2) is 59.3 Å². The van der Waals surface area contributed by atoms with Gasteiger partial charge in [-0.05, 0) is 52.4 Å². The van der Waals surface area contributed by atoms with E-state index in [4.69, 9.17) is 11.6 Å². The minimum absolute atomic E-state index is 0.701. The molecule has 0 aliphatic heterocycles. The van der Waals surface area contributed by atoms with E-state index in [-0.39, 0.29) is 0 Å². The second-order valence-electron chi connectivity index (χ2n) is 4.62. The third-order valence-corrected chi connectivity index (χ3v) is 4.67. The number of benzene rings is 2. The third-order valence-electron chi connectivity index (χ3n) is 3.15. The van der Waals surface area contributed by atoms with Crippen molar-refractivity contribution in [3.63, 3.8) is 0 Å². The molecule has 0 aliphatic rings. The Hall–Kier alpha value is -0.850. The van der Waals surface area contributed by atoms with E-state index >= 15 is 0 Å². The van der Waals surface area contributed by atoms with Crippen LogP contribution in [0.3, 0.4) is 0 Å². The highest BCUT2D eigenvalue weighted by Crippen LogP contribution is 2.25. The van der Waals surface area contributed by atoms with Gasteiger partial charge < -0.3 is 4.57 Å². The molecule has 0 atom stereocenters. The molecule has 1 heterocycles. The maximum atomic E-state index is 6.31. The molecule has 0 bridgehead atoms. The lowest BCUT2D eigenvalue weighted by molar-refractivity contribution is 0.807. The van der Waals surface area contributed by atoms with Gasteiger partial charge in [0.2, 0.25) is 0 Å². The fourth-order valence-electron chi connectivity index (χ4n) is 2.16. The lowest BCUT2D eigenvalue weighted by atomic mass is 10.2. The van der Waals surface area contributed by atoms with Crippen molar-refractivity contribution in [1.29, 1.82) is 0 Å². The predicted molar refractivity (Wildman–Crippen MR) is 98.6 cm³/mol. The summed E-state index contributed by atoms with van der Waals surface area (Å²) in [5.41, 5.74) is 2.19. The van der Waals surface area contributed by atoms with Crippen LogP contribution in [-0.4, -0.2) is 9.55 Å². The standard InChI is InChI=1S/C16H11BrClIN2/c17-13-5-4-12(15(18)9-13)10-21-7-6-20-16(21)11-2-1-3-14(19)8-11/h1-9H,10H2. The monoisotopic (exact) mass is 472 g/mol. The fourth-order valence-corrected chi connectivity index (χ4v) is 3.43. The Labute approximate surface area is 150 Å². The molecule has 3 rings (SSSR count). The minimum atomic E-state index is 0.701. The number of aromatic nitrogens is 2. The third kappa shape index (κ3) is 3.49. The maximum Gasteiger partial charge on any atom is 0.140 e. The summed E-state index contributed by atoms with van der Waals surface area (Å²) in [6.45, 7) is 0.701. The zero-order valence-corrected chi connectivity index (χ0v) is 15.4. The van der Waals surface area contributed by atoms with Gasteiger partial charge in [0.25, 0.3) is 0 Å². The molecule has 0 saturated carbocycles. The average molecular weight is 474 g/mol. The first-order valence-electron chi connectivity index (χ1n) is 6.34. The molecule has 0 saturated heterocycles. The SMILES string of the molecule is Clc1cc(Br)ccc1Cn1ccnc1-c1cccc(I)c1. The Bertz CT molecular complexity index is 785. The van der Waals surface area contributed by atoms with Gasteiger partial charge in [-0.15, -0.1) is 0 Å². The highest BCUT2D eigenvalue weighted by molar-refractivity contribution is 14.1. The molecule has 2 aromatic carbocycles. The van der Waals surface area contributed by atoms with Crippen molar-refractivity contribution in [3.05, 3.63) is 73.5 Å². The normalized spacial score (nSPS) is 10.8. The van der Waals surface area contributed by atoms with Gasteiger partial charge in [0, 0.05) is 31.0 Å². The number of halogens is 3. The molecule has 0 fully saturated rings.